The number of hydrogen-bond donors (Lipinski definition) is 1. The van der Waals surface area contributed by atoms with Crippen LogP contribution in [0.3, 0.4) is 0 Å². The normalized spacial score (nSPS) is 16.3. The van der Waals surface area contributed by atoms with E-state index in [0.717, 1.165) is 24.0 Å². The summed E-state index contributed by atoms with van der Waals surface area (Å²) in [5.41, 5.74) is 3.27. The Hall–Kier alpha value is -3.55. The summed E-state index contributed by atoms with van der Waals surface area (Å²) >= 11 is 0. The second-order valence-corrected chi connectivity index (χ2v) is 7.65. The Kier molecular flexibility index (Phi) is 5.56. The zero-order valence-electron chi connectivity index (χ0n) is 17.1. The number of anilines is 1. The fourth-order valence-corrected chi connectivity index (χ4v) is 3.71. The van der Waals surface area contributed by atoms with Gasteiger partial charge in [-0.1, -0.05) is 29.8 Å². The molecule has 0 saturated carbocycles. The summed E-state index contributed by atoms with van der Waals surface area (Å²) in [5.74, 6) is 0.279. The fraction of sp³-hybridized carbons (Fsp3) is 0.318. The van der Waals surface area contributed by atoms with Crippen LogP contribution < -0.4 is 5.32 Å². The van der Waals surface area contributed by atoms with Gasteiger partial charge in [-0.3, -0.25) is 9.59 Å². The fourth-order valence-electron chi connectivity index (χ4n) is 3.71. The molecule has 2 aromatic carbocycles. The first-order valence-electron chi connectivity index (χ1n) is 10.0. The molecule has 8 heteroatoms. The van der Waals surface area contributed by atoms with Gasteiger partial charge in [0, 0.05) is 37.0 Å². The lowest BCUT2D eigenvalue weighted by molar-refractivity contribution is -0.121. The van der Waals surface area contributed by atoms with Crippen LogP contribution in [0.5, 0.6) is 0 Å². The van der Waals surface area contributed by atoms with Crippen LogP contribution in [-0.2, 0) is 11.8 Å². The van der Waals surface area contributed by atoms with E-state index < -0.39 is 0 Å². The number of likely N-dealkylation sites (tertiary alicyclic amines) is 1. The van der Waals surface area contributed by atoms with Crippen LogP contribution in [0.15, 0.2) is 48.5 Å². The number of nitrogens with one attached hydrogen (secondary N) is 1. The summed E-state index contributed by atoms with van der Waals surface area (Å²) in [4.78, 5) is 27.5. The third-order valence-corrected chi connectivity index (χ3v) is 5.39. The van der Waals surface area contributed by atoms with E-state index in [-0.39, 0.29) is 17.7 Å². The molecule has 0 spiro atoms. The number of carbonyl (C=O) groups is 2. The van der Waals surface area contributed by atoms with E-state index in [1.54, 1.807) is 16.6 Å². The largest absolute Gasteiger partial charge is 0.338 e. The molecule has 1 atom stereocenters. The highest BCUT2D eigenvalue weighted by Crippen LogP contribution is 2.23. The van der Waals surface area contributed by atoms with Crippen molar-refractivity contribution in [1.82, 2.24) is 25.1 Å². The number of aromatic nitrogens is 4. The number of rotatable bonds is 4. The molecule has 3 aromatic rings. The molecule has 1 aliphatic rings. The minimum absolute atomic E-state index is 0.0238. The van der Waals surface area contributed by atoms with E-state index in [9.17, 15) is 9.59 Å². The first-order valence-corrected chi connectivity index (χ1v) is 10.0. The van der Waals surface area contributed by atoms with Crippen molar-refractivity contribution in [3.8, 4) is 11.4 Å². The molecular formula is C22H24N6O2. The Bertz CT molecular complexity index is 1060. The highest BCUT2D eigenvalue weighted by Gasteiger charge is 2.29. The van der Waals surface area contributed by atoms with Crippen molar-refractivity contribution in [3.63, 3.8) is 0 Å². The molecule has 4 rings (SSSR count). The van der Waals surface area contributed by atoms with Gasteiger partial charge >= 0.3 is 0 Å². The minimum atomic E-state index is -0.242. The Morgan fingerprint density at radius 1 is 1.13 bits per heavy atom. The standard InChI is InChI=1S/C22H24N6O2/c1-15-8-10-16(11-9-15)22(30)28-12-4-6-18(14-28)21(29)23-19-7-3-5-17(13-19)20-24-25-26-27(20)2/h3,5,7-11,13,18H,4,6,12,14H2,1-2H3,(H,23,29). The average Bonchev–Trinajstić information content (AvgIpc) is 3.20. The smallest absolute Gasteiger partial charge is 0.253 e. The number of nitrogens with zero attached hydrogens (tertiary/aromatic N) is 5. The monoisotopic (exact) mass is 404 g/mol. The lowest BCUT2D eigenvalue weighted by atomic mass is 9.96. The van der Waals surface area contributed by atoms with E-state index >= 15 is 0 Å². The molecule has 154 valence electrons. The SMILES string of the molecule is Cc1ccc(C(=O)N2CCCC(C(=O)Nc3cccc(-c4nnnn4C)c3)C2)cc1. The molecule has 1 aromatic heterocycles. The summed E-state index contributed by atoms with van der Waals surface area (Å²) in [6, 6.07) is 15.0. The van der Waals surface area contributed by atoms with E-state index in [0.29, 0.717) is 30.2 Å². The molecule has 0 aliphatic carbocycles. The third kappa shape index (κ3) is 4.22. The van der Waals surface area contributed by atoms with Crippen molar-refractivity contribution in [2.75, 3.05) is 18.4 Å². The molecule has 2 heterocycles. The predicted molar refractivity (Wildman–Crippen MR) is 113 cm³/mol. The molecule has 2 amide bonds. The highest BCUT2D eigenvalue weighted by atomic mass is 16.2. The van der Waals surface area contributed by atoms with Crippen molar-refractivity contribution in [2.45, 2.75) is 19.8 Å². The van der Waals surface area contributed by atoms with Gasteiger partial charge in [0.15, 0.2) is 5.82 Å². The van der Waals surface area contributed by atoms with Crippen molar-refractivity contribution in [1.29, 1.82) is 0 Å². The minimum Gasteiger partial charge on any atom is -0.338 e. The number of carbonyl (C=O) groups excluding carboxylic acids is 2. The second-order valence-electron chi connectivity index (χ2n) is 7.65. The van der Waals surface area contributed by atoms with Gasteiger partial charge < -0.3 is 10.2 Å². The number of amides is 2. The first kappa shape index (κ1) is 19.8. The predicted octanol–water partition coefficient (Wildman–Crippen LogP) is 2.68. The van der Waals surface area contributed by atoms with E-state index in [4.69, 9.17) is 0 Å². The van der Waals surface area contributed by atoms with Crippen molar-refractivity contribution >= 4 is 17.5 Å². The molecule has 0 radical (unpaired) electrons. The number of aryl methyl sites for hydroxylation is 2. The number of piperidine rings is 1. The van der Waals surface area contributed by atoms with E-state index in [2.05, 4.69) is 20.8 Å². The highest BCUT2D eigenvalue weighted by molar-refractivity contribution is 5.96. The third-order valence-electron chi connectivity index (χ3n) is 5.39. The maximum absolute atomic E-state index is 12.9. The van der Waals surface area contributed by atoms with E-state index in [1.165, 1.54) is 0 Å². The maximum Gasteiger partial charge on any atom is 0.253 e. The second kappa shape index (κ2) is 8.44. The molecule has 1 fully saturated rings. The number of benzene rings is 2. The van der Waals surface area contributed by atoms with Crippen molar-refractivity contribution in [2.24, 2.45) is 13.0 Å². The van der Waals surface area contributed by atoms with Gasteiger partial charge in [0.25, 0.3) is 5.91 Å². The topological polar surface area (TPSA) is 93.0 Å². The van der Waals surface area contributed by atoms with Crippen LogP contribution in [-0.4, -0.2) is 50.0 Å². The quantitative estimate of drug-likeness (QED) is 0.722. The number of tetrazole rings is 1. The summed E-state index contributed by atoms with van der Waals surface area (Å²) < 4.78 is 1.58. The zero-order valence-corrected chi connectivity index (χ0v) is 17.1. The van der Waals surface area contributed by atoms with Crippen LogP contribution >= 0.6 is 0 Å². The van der Waals surface area contributed by atoms with Gasteiger partial charge in [0.1, 0.15) is 0 Å². The van der Waals surface area contributed by atoms with Crippen molar-refractivity contribution in [3.05, 3.63) is 59.7 Å². The van der Waals surface area contributed by atoms with Crippen LogP contribution in [0, 0.1) is 12.8 Å². The van der Waals surface area contributed by atoms with Crippen molar-refractivity contribution < 1.29 is 9.59 Å². The van der Waals surface area contributed by atoms with Gasteiger partial charge in [-0.15, -0.1) is 5.10 Å². The summed E-state index contributed by atoms with van der Waals surface area (Å²) in [6.45, 7) is 3.09. The molecule has 30 heavy (non-hydrogen) atoms. The Morgan fingerprint density at radius 3 is 2.67 bits per heavy atom. The summed E-state index contributed by atoms with van der Waals surface area (Å²) in [6.07, 6.45) is 1.57. The lowest BCUT2D eigenvalue weighted by Gasteiger charge is -2.32. The van der Waals surface area contributed by atoms with Gasteiger partial charge in [0.2, 0.25) is 5.91 Å². The Morgan fingerprint density at radius 2 is 1.93 bits per heavy atom. The zero-order chi connectivity index (χ0) is 21.1. The number of hydrogen-bond acceptors (Lipinski definition) is 5. The summed E-state index contributed by atoms with van der Waals surface area (Å²) in [7, 11) is 1.77. The van der Waals surface area contributed by atoms with Crippen LogP contribution in [0.2, 0.25) is 0 Å². The van der Waals surface area contributed by atoms with Crippen LogP contribution in [0.25, 0.3) is 11.4 Å². The Balaban J connectivity index is 1.43. The molecule has 0 bridgehead atoms. The summed E-state index contributed by atoms with van der Waals surface area (Å²) in [5, 5.41) is 14.5. The molecule has 8 nitrogen and oxygen atoms in total. The molecular weight excluding hydrogens is 380 g/mol. The van der Waals surface area contributed by atoms with Gasteiger partial charge in [-0.25, -0.2) is 4.68 Å². The maximum atomic E-state index is 12.9. The van der Waals surface area contributed by atoms with Crippen LogP contribution in [0.1, 0.15) is 28.8 Å². The van der Waals surface area contributed by atoms with Gasteiger partial charge in [-0.2, -0.15) is 0 Å². The molecule has 1 aliphatic heterocycles. The molecule has 1 unspecified atom stereocenters. The Labute approximate surface area is 174 Å². The van der Waals surface area contributed by atoms with Gasteiger partial charge in [0.05, 0.1) is 5.92 Å². The molecule has 1 saturated heterocycles. The first-order chi connectivity index (χ1) is 14.5. The van der Waals surface area contributed by atoms with E-state index in [1.807, 2.05) is 55.5 Å². The average molecular weight is 404 g/mol. The van der Waals surface area contributed by atoms with Crippen LogP contribution in [0.4, 0.5) is 5.69 Å². The lowest BCUT2D eigenvalue weighted by Crippen LogP contribution is -2.43. The molecule has 1 N–H and O–H groups in total. The van der Waals surface area contributed by atoms with Gasteiger partial charge in [-0.05, 0) is 54.5 Å².